The normalized spacial score (nSPS) is 23.9. The number of benzene rings is 1. The first-order valence-electron chi connectivity index (χ1n) is 8.68. The van der Waals surface area contributed by atoms with Gasteiger partial charge >= 0.3 is 0 Å². The molecule has 2 fully saturated rings. The van der Waals surface area contributed by atoms with E-state index in [-0.39, 0.29) is 23.8 Å². The number of nitrogens with zero attached hydrogens (tertiary/aromatic N) is 1. The maximum Gasteiger partial charge on any atom is 0.225 e. The summed E-state index contributed by atoms with van der Waals surface area (Å²) in [5.41, 5.74) is 0.124. The summed E-state index contributed by atoms with van der Waals surface area (Å²) in [5, 5.41) is 6.12. The summed E-state index contributed by atoms with van der Waals surface area (Å²) < 4.78 is 27.3. The number of carbonyl (C=O) groups is 2. The predicted molar refractivity (Wildman–Crippen MR) is 88.7 cm³/mol. The van der Waals surface area contributed by atoms with E-state index in [0.29, 0.717) is 25.2 Å². The minimum atomic E-state index is -0.806. The van der Waals surface area contributed by atoms with Crippen LogP contribution in [0, 0.1) is 11.6 Å². The maximum absolute atomic E-state index is 14.1. The zero-order valence-electron chi connectivity index (χ0n) is 14.2. The van der Waals surface area contributed by atoms with Gasteiger partial charge in [0.05, 0.1) is 12.5 Å². The lowest BCUT2D eigenvalue weighted by atomic mass is 10.0. The van der Waals surface area contributed by atoms with Gasteiger partial charge in [-0.3, -0.25) is 9.59 Å². The molecule has 7 heteroatoms. The van der Waals surface area contributed by atoms with Crippen molar-refractivity contribution in [1.82, 2.24) is 15.5 Å². The fraction of sp³-hybridized carbons (Fsp3) is 0.556. The Balaban J connectivity index is 1.73. The van der Waals surface area contributed by atoms with E-state index in [2.05, 4.69) is 10.6 Å². The molecule has 2 bridgehead atoms. The standard InChI is InChI=1S/C18H23F2N3O2/c1-11(24)21-17(15-5-2-12(19)8-16(15)20)9-18(25)23-7-6-13-3-4-14(10-23)22-13/h2,5,8,13-14,17,22H,3-4,6-7,9-10H2,1H3,(H,21,24). The van der Waals surface area contributed by atoms with Crippen molar-refractivity contribution in [2.75, 3.05) is 13.1 Å². The molecule has 2 saturated heterocycles. The molecule has 0 aromatic heterocycles. The van der Waals surface area contributed by atoms with E-state index in [1.165, 1.54) is 13.0 Å². The van der Waals surface area contributed by atoms with Crippen molar-refractivity contribution in [3.63, 3.8) is 0 Å². The van der Waals surface area contributed by atoms with Gasteiger partial charge in [0.15, 0.2) is 0 Å². The molecule has 5 nitrogen and oxygen atoms in total. The number of hydrogen-bond donors (Lipinski definition) is 2. The van der Waals surface area contributed by atoms with Crippen LogP contribution in [0.5, 0.6) is 0 Å². The van der Waals surface area contributed by atoms with Gasteiger partial charge in [0, 0.05) is 43.7 Å². The van der Waals surface area contributed by atoms with Crippen LogP contribution in [-0.2, 0) is 9.59 Å². The largest absolute Gasteiger partial charge is 0.349 e. The Morgan fingerprint density at radius 1 is 1.28 bits per heavy atom. The molecule has 1 aromatic rings. The Hall–Kier alpha value is -2.02. The fourth-order valence-corrected chi connectivity index (χ4v) is 3.74. The van der Waals surface area contributed by atoms with E-state index >= 15 is 0 Å². The van der Waals surface area contributed by atoms with Crippen molar-refractivity contribution in [1.29, 1.82) is 0 Å². The first kappa shape index (κ1) is 17.8. The number of halogens is 2. The molecule has 3 rings (SSSR count). The minimum Gasteiger partial charge on any atom is -0.349 e. The van der Waals surface area contributed by atoms with Gasteiger partial charge in [-0.1, -0.05) is 6.07 Å². The Morgan fingerprint density at radius 3 is 2.76 bits per heavy atom. The Kier molecular flexibility index (Phi) is 5.32. The molecule has 136 valence electrons. The van der Waals surface area contributed by atoms with E-state index < -0.39 is 17.7 Å². The molecule has 3 atom stereocenters. The summed E-state index contributed by atoms with van der Waals surface area (Å²) in [6, 6.07) is 3.14. The second kappa shape index (κ2) is 7.47. The quantitative estimate of drug-likeness (QED) is 0.871. The maximum atomic E-state index is 14.1. The van der Waals surface area contributed by atoms with Gasteiger partial charge in [-0.15, -0.1) is 0 Å². The highest BCUT2D eigenvalue weighted by Crippen LogP contribution is 2.25. The summed E-state index contributed by atoms with van der Waals surface area (Å²) in [6.45, 7) is 2.60. The van der Waals surface area contributed by atoms with E-state index in [1.54, 1.807) is 4.90 Å². The highest BCUT2D eigenvalue weighted by atomic mass is 19.1. The van der Waals surface area contributed by atoms with E-state index in [0.717, 1.165) is 31.4 Å². The summed E-state index contributed by atoms with van der Waals surface area (Å²) in [5.74, 6) is -1.94. The van der Waals surface area contributed by atoms with Crippen molar-refractivity contribution in [2.45, 2.75) is 50.7 Å². The lowest BCUT2D eigenvalue weighted by Gasteiger charge is -2.27. The smallest absolute Gasteiger partial charge is 0.225 e. The van der Waals surface area contributed by atoms with Crippen molar-refractivity contribution < 1.29 is 18.4 Å². The molecular weight excluding hydrogens is 328 g/mol. The first-order valence-corrected chi connectivity index (χ1v) is 8.68. The monoisotopic (exact) mass is 351 g/mol. The Bertz CT molecular complexity index is 668. The zero-order chi connectivity index (χ0) is 18.0. The molecule has 0 spiro atoms. The van der Waals surface area contributed by atoms with Crippen LogP contribution in [0.15, 0.2) is 18.2 Å². The zero-order valence-corrected chi connectivity index (χ0v) is 14.2. The lowest BCUT2D eigenvalue weighted by Crippen LogP contribution is -2.41. The second-order valence-corrected chi connectivity index (χ2v) is 6.89. The molecule has 2 aliphatic heterocycles. The van der Waals surface area contributed by atoms with Crippen LogP contribution in [0.3, 0.4) is 0 Å². The molecule has 0 saturated carbocycles. The number of fused-ring (bicyclic) bond motifs is 2. The lowest BCUT2D eigenvalue weighted by molar-refractivity contribution is -0.132. The molecular formula is C18H23F2N3O2. The summed E-state index contributed by atoms with van der Waals surface area (Å²) in [6.07, 6.45) is 3.05. The van der Waals surface area contributed by atoms with Crippen LogP contribution in [0.4, 0.5) is 8.78 Å². The van der Waals surface area contributed by atoms with Gasteiger partial charge in [0.1, 0.15) is 11.6 Å². The number of amides is 2. The molecule has 0 radical (unpaired) electrons. The highest BCUT2D eigenvalue weighted by molar-refractivity contribution is 5.79. The van der Waals surface area contributed by atoms with E-state index in [9.17, 15) is 18.4 Å². The van der Waals surface area contributed by atoms with Crippen LogP contribution >= 0.6 is 0 Å². The first-order chi connectivity index (χ1) is 11.9. The third-order valence-electron chi connectivity index (χ3n) is 4.97. The second-order valence-electron chi connectivity index (χ2n) is 6.89. The van der Waals surface area contributed by atoms with Crippen molar-refractivity contribution >= 4 is 11.8 Å². The third-order valence-corrected chi connectivity index (χ3v) is 4.97. The molecule has 2 amide bonds. The summed E-state index contributed by atoms with van der Waals surface area (Å²) in [4.78, 5) is 26.0. The third kappa shape index (κ3) is 4.34. The van der Waals surface area contributed by atoms with Crippen LogP contribution < -0.4 is 10.6 Å². The summed E-state index contributed by atoms with van der Waals surface area (Å²) in [7, 11) is 0. The van der Waals surface area contributed by atoms with Gasteiger partial charge < -0.3 is 15.5 Å². The van der Waals surface area contributed by atoms with Gasteiger partial charge in [0.25, 0.3) is 0 Å². The number of carbonyl (C=O) groups excluding carboxylic acids is 2. The Labute approximate surface area is 145 Å². The average molecular weight is 351 g/mol. The van der Waals surface area contributed by atoms with Crippen LogP contribution in [0.25, 0.3) is 0 Å². The van der Waals surface area contributed by atoms with Crippen LogP contribution in [-0.4, -0.2) is 41.9 Å². The topological polar surface area (TPSA) is 61.4 Å². The van der Waals surface area contributed by atoms with Crippen molar-refractivity contribution in [3.8, 4) is 0 Å². The number of hydrogen-bond acceptors (Lipinski definition) is 3. The number of rotatable bonds is 4. The SMILES string of the molecule is CC(=O)NC(CC(=O)N1CCC2CCC(C1)N2)c1ccc(F)cc1F. The Morgan fingerprint density at radius 2 is 2.04 bits per heavy atom. The van der Waals surface area contributed by atoms with Gasteiger partial charge in [0.2, 0.25) is 11.8 Å². The molecule has 0 aliphatic carbocycles. The molecule has 2 aliphatic rings. The molecule has 25 heavy (non-hydrogen) atoms. The van der Waals surface area contributed by atoms with E-state index in [1.807, 2.05) is 0 Å². The van der Waals surface area contributed by atoms with Crippen LogP contribution in [0.2, 0.25) is 0 Å². The van der Waals surface area contributed by atoms with Crippen molar-refractivity contribution in [3.05, 3.63) is 35.4 Å². The molecule has 1 aromatic carbocycles. The van der Waals surface area contributed by atoms with Crippen LogP contribution in [0.1, 0.15) is 44.2 Å². The fourth-order valence-electron chi connectivity index (χ4n) is 3.74. The van der Waals surface area contributed by atoms with Gasteiger partial charge in [-0.2, -0.15) is 0 Å². The molecule has 3 unspecified atom stereocenters. The molecule has 2 N–H and O–H groups in total. The predicted octanol–water partition coefficient (Wildman–Crippen LogP) is 1.89. The minimum absolute atomic E-state index is 0.0421. The van der Waals surface area contributed by atoms with Gasteiger partial charge in [-0.25, -0.2) is 8.78 Å². The average Bonchev–Trinajstić information content (AvgIpc) is 2.85. The van der Waals surface area contributed by atoms with Crippen molar-refractivity contribution in [2.24, 2.45) is 0 Å². The highest BCUT2D eigenvalue weighted by Gasteiger charge is 2.32. The number of likely N-dealkylation sites (tertiary alicyclic amines) is 1. The van der Waals surface area contributed by atoms with Gasteiger partial charge in [-0.05, 0) is 25.3 Å². The summed E-state index contributed by atoms with van der Waals surface area (Å²) >= 11 is 0. The number of nitrogens with one attached hydrogen (secondary N) is 2. The van der Waals surface area contributed by atoms with E-state index in [4.69, 9.17) is 0 Å². The molecule has 2 heterocycles.